The lowest BCUT2D eigenvalue weighted by molar-refractivity contribution is -0.164. The van der Waals surface area contributed by atoms with E-state index in [1.54, 1.807) is 0 Å². The second kappa shape index (κ2) is 7.87. The lowest BCUT2D eigenvalue weighted by Gasteiger charge is -2.61. The zero-order valence-electron chi connectivity index (χ0n) is 20.4. The molecule has 0 N–H and O–H groups in total. The van der Waals surface area contributed by atoms with E-state index in [-0.39, 0.29) is 45.9 Å². The molecule has 1 fully saturated rings. The number of hydrogen-bond donors (Lipinski definition) is 0. The molecule has 0 aromatic heterocycles. The van der Waals surface area contributed by atoms with Gasteiger partial charge in [-0.05, 0) is 37.0 Å². The highest BCUT2D eigenvalue weighted by atomic mass is 28.4. The van der Waals surface area contributed by atoms with Crippen LogP contribution in [0.25, 0.3) is 0 Å². The van der Waals surface area contributed by atoms with Gasteiger partial charge in [0.15, 0.2) is 16.6 Å². The molecule has 0 aliphatic carbocycles. The fourth-order valence-corrected chi connectivity index (χ4v) is 7.58. The van der Waals surface area contributed by atoms with Crippen LogP contribution in [0.1, 0.15) is 55.4 Å². The van der Waals surface area contributed by atoms with E-state index in [1.165, 1.54) is 7.11 Å². The van der Waals surface area contributed by atoms with Crippen molar-refractivity contribution in [2.24, 2.45) is 11.8 Å². The molecule has 1 aliphatic rings. The van der Waals surface area contributed by atoms with Crippen molar-refractivity contribution >= 4 is 28.4 Å². The van der Waals surface area contributed by atoms with E-state index in [9.17, 15) is 9.59 Å². The van der Waals surface area contributed by atoms with Crippen molar-refractivity contribution in [1.29, 1.82) is 0 Å². The molecule has 164 valence electrons. The van der Waals surface area contributed by atoms with Gasteiger partial charge in [-0.15, -0.1) is 0 Å². The molecule has 1 rings (SSSR count). The van der Waals surface area contributed by atoms with E-state index in [4.69, 9.17) is 9.16 Å². The normalized spacial score (nSPS) is 23.9. The number of carbonyl (C=O) groups excluding carboxylic acids is 2. The minimum Gasteiger partial charge on any atom is -0.469 e. The molecule has 7 heteroatoms. The van der Waals surface area contributed by atoms with E-state index < -0.39 is 16.6 Å². The lowest BCUT2D eigenvalue weighted by Crippen LogP contribution is -2.77. The van der Waals surface area contributed by atoms with Crippen molar-refractivity contribution in [2.45, 2.75) is 104 Å². The minimum absolute atomic E-state index is 0.00520. The van der Waals surface area contributed by atoms with Crippen LogP contribution in [-0.2, 0) is 18.8 Å². The summed E-state index contributed by atoms with van der Waals surface area (Å²) in [7, 11) is -2.73. The third kappa shape index (κ3) is 4.41. The van der Waals surface area contributed by atoms with Crippen LogP contribution in [0.15, 0.2) is 0 Å². The molecule has 1 amide bonds. The van der Waals surface area contributed by atoms with Crippen LogP contribution in [0.4, 0.5) is 0 Å². The molecule has 0 saturated carbocycles. The van der Waals surface area contributed by atoms with Crippen LogP contribution in [0, 0.1) is 11.8 Å². The van der Waals surface area contributed by atoms with Gasteiger partial charge in [-0.2, -0.15) is 0 Å². The molecule has 1 saturated heterocycles. The highest BCUT2D eigenvalue weighted by molar-refractivity contribution is 6.80. The minimum atomic E-state index is -2.12. The Kier molecular flexibility index (Phi) is 7.13. The molecule has 1 aliphatic heterocycles. The molecule has 1 heterocycles. The molecule has 0 spiro atoms. The summed E-state index contributed by atoms with van der Waals surface area (Å²) in [5.41, 5.74) is 0. The summed E-state index contributed by atoms with van der Waals surface area (Å²) in [6, 6.07) is -0.166. The quantitative estimate of drug-likeness (QED) is 0.337. The Bertz CT molecular complexity index is 605. The number of hydrogen-bond acceptors (Lipinski definition) is 4. The van der Waals surface area contributed by atoms with Gasteiger partial charge in [-0.1, -0.05) is 54.6 Å². The Morgan fingerprint density at radius 2 is 1.46 bits per heavy atom. The number of β-lactam (4-membered cyclic amide) rings is 1. The molecular formula is C21H43NO4Si2. The summed E-state index contributed by atoms with van der Waals surface area (Å²) in [6.45, 7) is 25.9. The smallest absolute Gasteiger partial charge is 0.310 e. The summed E-state index contributed by atoms with van der Waals surface area (Å²) in [4.78, 5) is 25.8. The second-order valence-corrected chi connectivity index (χ2v) is 21.3. The number of ether oxygens (including phenoxy) is 1. The molecule has 5 nitrogen and oxygen atoms in total. The summed E-state index contributed by atoms with van der Waals surface area (Å²) in [5.74, 6) is -0.783. The van der Waals surface area contributed by atoms with Gasteiger partial charge in [0.25, 0.3) is 0 Å². The Balaban J connectivity index is 3.28. The number of esters is 1. The first-order chi connectivity index (χ1) is 12.3. The maximum atomic E-state index is 13.4. The van der Waals surface area contributed by atoms with E-state index in [0.29, 0.717) is 0 Å². The van der Waals surface area contributed by atoms with Gasteiger partial charge in [0.2, 0.25) is 5.91 Å². The van der Waals surface area contributed by atoms with Crippen molar-refractivity contribution < 1.29 is 18.8 Å². The largest absolute Gasteiger partial charge is 0.469 e. The monoisotopic (exact) mass is 429 g/mol. The Morgan fingerprint density at radius 1 is 1.00 bits per heavy atom. The maximum Gasteiger partial charge on any atom is 0.310 e. The molecule has 0 unspecified atom stereocenters. The standard InChI is InChI=1S/C21H43NO4Si2/c1-14(19(24)25-9)17-16(15(2)26-28(12,13)21(6,7)8)18(23)22(17)27(10,11)20(3,4)5/h14-17H,1-13H3/t14-,15+,16+,17+/m0/s1. The second-order valence-electron chi connectivity index (χ2n) is 11.4. The van der Waals surface area contributed by atoms with Crippen LogP contribution in [0.5, 0.6) is 0 Å². The average Bonchev–Trinajstić information content (AvgIpc) is 2.47. The van der Waals surface area contributed by atoms with Crippen LogP contribution in [0.2, 0.25) is 36.3 Å². The molecule has 0 aromatic carbocycles. The average molecular weight is 430 g/mol. The van der Waals surface area contributed by atoms with Gasteiger partial charge in [0.1, 0.15) is 0 Å². The van der Waals surface area contributed by atoms with Crippen LogP contribution in [0.3, 0.4) is 0 Å². The first kappa shape index (κ1) is 25.4. The maximum absolute atomic E-state index is 13.4. The Hall–Kier alpha value is -0.666. The van der Waals surface area contributed by atoms with Crippen molar-refractivity contribution in [3.8, 4) is 0 Å². The first-order valence-electron chi connectivity index (χ1n) is 10.4. The summed E-state index contributed by atoms with van der Waals surface area (Å²) in [6.07, 6.45) is -0.216. The van der Waals surface area contributed by atoms with Gasteiger partial charge < -0.3 is 13.7 Å². The fourth-order valence-electron chi connectivity index (χ4n) is 3.59. The highest BCUT2D eigenvalue weighted by Gasteiger charge is 2.61. The Labute approximate surface area is 174 Å². The topological polar surface area (TPSA) is 55.8 Å². The fraction of sp³-hybridized carbons (Fsp3) is 0.905. The number of carbonyl (C=O) groups is 2. The SMILES string of the molecule is COC(=O)[C@@H](C)[C@@H]1[C@@H]([C@@H](C)O[Si](C)(C)C(C)(C)C)C(=O)N1[Si](C)(C)C(C)(C)C. The lowest BCUT2D eigenvalue weighted by atomic mass is 9.79. The predicted molar refractivity (Wildman–Crippen MR) is 120 cm³/mol. The van der Waals surface area contributed by atoms with Crippen LogP contribution < -0.4 is 0 Å². The van der Waals surface area contributed by atoms with E-state index in [1.807, 2.05) is 18.4 Å². The summed E-state index contributed by atoms with van der Waals surface area (Å²) >= 11 is 0. The van der Waals surface area contributed by atoms with Crippen molar-refractivity contribution in [3.05, 3.63) is 0 Å². The Morgan fingerprint density at radius 3 is 1.82 bits per heavy atom. The third-order valence-electron chi connectivity index (χ3n) is 7.50. The summed E-state index contributed by atoms with van der Waals surface area (Å²) < 4.78 is 13.7. The van der Waals surface area contributed by atoms with Gasteiger partial charge in [-0.25, -0.2) is 0 Å². The summed E-state index contributed by atoms with van der Waals surface area (Å²) in [5, 5.41) is 0.0713. The number of rotatable bonds is 6. The van der Waals surface area contributed by atoms with Crippen LogP contribution in [-0.4, -0.2) is 52.3 Å². The van der Waals surface area contributed by atoms with Gasteiger partial charge >= 0.3 is 5.97 Å². The van der Waals surface area contributed by atoms with Gasteiger partial charge in [-0.3, -0.25) is 9.59 Å². The molecule has 0 bridgehead atoms. The van der Waals surface area contributed by atoms with Crippen molar-refractivity contribution in [3.63, 3.8) is 0 Å². The van der Waals surface area contributed by atoms with E-state index >= 15 is 0 Å². The number of nitrogens with zero attached hydrogens (tertiary/aromatic N) is 1. The van der Waals surface area contributed by atoms with E-state index in [2.05, 4.69) is 67.7 Å². The molecule has 28 heavy (non-hydrogen) atoms. The predicted octanol–water partition coefficient (Wildman–Crippen LogP) is 5.04. The number of methoxy groups -OCH3 is 1. The molecule has 0 radical (unpaired) electrons. The van der Waals surface area contributed by atoms with E-state index in [0.717, 1.165) is 0 Å². The third-order valence-corrected chi connectivity index (χ3v) is 17.5. The van der Waals surface area contributed by atoms with Crippen molar-refractivity contribution in [2.75, 3.05) is 7.11 Å². The molecule has 0 aromatic rings. The number of amides is 1. The highest BCUT2D eigenvalue weighted by Crippen LogP contribution is 2.49. The van der Waals surface area contributed by atoms with Crippen LogP contribution >= 0.6 is 0 Å². The molecule has 4 atom stereocenters. The van der Waals surface area contributed by atoms with Crippen molar-refractivity contribution in [1.82, 2.24) is 4.57 Å². The zero-order chi connectivity index (χ0) is 22.5. The molecular weight excluding hydrogens is 386 g/mol. The van der Waals surface area contributed by atoms with Gasteiger partial charge in [0.05, 0.1) is 31.1 Å². The zero-order valence-corrected chi connectivity index (χ0v) is 22.4. The first-order valence-corrected chi connectivity index (χ1v) is 16.3. The van der Waals surface area contributed by atoms with Gasteiger partial charge in [0, 0.05) is 0 Å².